The van der Waals surface area contributed by atoms with Gasteiger partial charge in [-0.1, -0.05) is 32.0 Å². The molecule has 0 aromatic heterocycles. The quantitative estimate of drug-likeness (QED) is 0.325. The summed E-state index contributed by atoms with van der Waals surface area (Å²) in [5, 5.41) is 6.27. The number of aryl methyl sites for hydroxylation is 1. The molecule has 2 aliphatic carbocycles. The SMILES string of the molecule is Cc1ccccc1N1CCN(S(=O)(=O)CC23CCC(CC2NC(=O)[C@H](CCS(C)(=O)=O)NCCN)C3(C)C)CC1. The Labute approximate surface area is 240 Å². The fourth-order valence-electron chi connectivity index (χ4n) is 7.35. The molecule has 4 N–H and O–H groups in total. The molecular formula is C28H47N5O5S2. The Morgan fingerprint density at radius 1 is 1.12 bits per heavy atom. The van der Waals surface area contributed by atoms with E-state index in [2.05, 4.69) is 48.4 Å². The van der Waals surface area contributed by atoms with Gasteiger partial charge in [0.15, 0.2) is 0 Å². The first-order valence-electron chi connectivity index (χ1n) is 14.4. The number of amides is 1. The monoisotopic (exact) mass is 597 g/mol. The van der Waals surface area contributed by atoms with Crippen LogP contribution in [0.5, 0.6) is 0 Å². The molecule has 4 rings (SSSR count). The highest BCUT2D eigenvalue weighted by molar-refractivity contribution is 7.90. The van der Waals surface area contributed by atoms with Gasteiger partial charge >= 0.3 is 0 Å². The van der Waals surface area contributed by atoms with E-state index in [0.717, 1.165) is 31.2 Å². The Bertz CT molecular complexity index is 1280. The molecule has 10 nitrogen and oxygen atoms in total. The zero-order valence-corrected chi connectivity index (χ0v) is 26.0. The summed E-state index contributed by atoms with van der Waals surface area (Å²) in [4.78, 5) is 15.7. The largest absolute Gasteiger partial charge is 0.369 e. The van der Waals surface area contributed by atoms with E-state index in [1.54, 1.807) is 4.31 Å². The van der Waals surface area contributed by atoms with E-state index in [1.165, 1.54) is 5.56 Å². The van der Waals surface area contributed by atoms with Crippen LogP contribution in [0.3, 0.4) is 0 Å². The van der Waals surface area contributed by atoms with Crippen molar-refractivity contribution in [2.45, 2.75) is 58.5 Å². The summed E-state index contributed by atoms with van der Waals surface area (Å²) in [5.41, 5.74) is 7.11. The Kier molecular flexibility index (Phi) is 9.26. The molecule has 12 heteroatoms. The van der Waals surface area contributed by atoms with Gasteiger partial charge < -0.3 is 21.3 Å². The van der Waals surface area contributed by atoms with Crippen molar-refractivity contribution < 1.29 is 21.6 Å². The lowest BCUT2D eigenvalue weighted by Crippen LogP contribution is -2.58. The minimum absolute atomic E-state index is 0.00302. The van der Waals surface area contributed by atoms with Gasteiger partial charge in [-0.25, -0.2) is 16.8 Å². The first kappa shape index (κ1) is 31.2. The van der Waals surface area contributed by atoms with E-state index in [1.807, 2.05) is 12.1 Å². The number of piperazine rings is 1. The van der Waals surface area contributed by atoms with Crippen LogP contribution in [0, 0.1) is 23.7 Å². The molecule has 226 valence electrons. The fourth-order valence-corrected chi connectivity index (χ4v) is 10.3. The van der Waals surface area contributed by atoms with Gasteiger partial charge in [0.25, 0.3) is 0 Å². The fraction of sp³-hybridized carbons (Fsp3) is 0.750. The van der Waals surface area contributed by atoms with Gasteiger partial charge in [-0.3, -0.25) is 4.79 Å². The molecule has 3 fully saturated rings. The number of hydrogen-bond donors (Lipinski definition) is 3. The molecular weight excluding hydrogens is 550 g/mol. The Hall–Kier alpha value is -1.73. The lowest BCUT2D eigenvalue weighted by molar-refractivity contribution is -0.125. The van der Waals surface area contributed by atoms with Gasteiger partial charge in [0.1, 0.15) is 9.84 Å². The standard InChI is InChI=1S/C28H47N5O5S2/c1-21-7-5-6-8-24(21)32-14-16-33(17-15-32)40(37,38)20-28-11-9-22(27(28,2)3)19-25(28)31-26(34)23(30-13-12-29)10-18-39(4,35)36/h5-8,22-23,25,30H,9-20,29H2,1-4H3,(H,31,34)/t22?,23-,25?,28?/m0/s1. The van der Waals surface area contributed by atoms with Gasteiger partial charge in [0.05, 0.1) is 17.5 Å². The molecule has 3 unspecified atom stereocenters. The van der Waals surface area contributed by atoms with E-state index >= 15 is 0 Å². The molecule has 40 heavy (non-hydrogen) atoms. The number of benzene rings is 1. The summed E-state index contributed by atoms with van der Waals surface area (Å²) in [7, 11) is -6.83. The highest BCUT2D eigenvalue weighted by atomic mass is 32.2. The van der Waals surface area contributed by atoms with E-state index in [0.29, 0.717) is 45.2 Å². The molecule has 0 spiro atoms. The normalized spacial score (nSPS) is 27.6. The van der Waals surface area contributed by atoms with Crippen LogP contribution in [-0.2, 0) is 24.7 Å². The second-order valence-electron chi connectivity index (χ2n) is 12.6. The number of para-hydroxylation sites is 1. The molecule has 1 heterocycles. The van der Waals surface area contributed by atoms with Crippen molar-refractivity contribution in [2.75, 3.05) is 61.9 Å². The van der Waals surface area contributed by atoms with Crippen LogP contribution in [0.2, 0.25) is 0 Å². The molecule has 3 aliphatic rings. The van der Waals surface area contributed by atoms with Gasteiger partial charge in [-0.15, -0.1) is 0 Å². The van der Waals surface area contributed by atoms with Crippen molar-refractivity contribution in [2.24, 2.45) is 22.5 Å². The van der Waals surface area contributed by atoms with E-state index in [4.69, 9.17) is 5.73 Å². The first-order valence-corrected chi connectivity index (χ1v) is 18.1. The number of nitrogens with two attached hydrogens (primary N) is 1. The number of sulfone groups is 1. The summed E-state index contributed by atoms with van der Waals surface area (Å²) < 4.78 is 53.1. The van der Waals surface area contributed by atoms with Crippen molar-refractivity contribution in [1.82, 2.24) is 14.9 Å². The van der Waals surface area contributed by atoms with Gasteiger partial charge in [-0.05, 0) is 55.6 Å². The predicted molar refractivity (Wildman–Crippen MR) is 159 cm³/mol. The number of carbonyl (C=O) groups excluding carboxylic acids is 1. The zero-order chi connectivity index (χ0) is 29.3. The summed E-state index contributed by atoms with van der Waals surface area (Å²) in [5.74, 6) is -0.0789. The zero-order valence-electron chi connectivity index (χ0n) is 24.4. The maximum absolute atomic E-state index is 13.9. The maximum atomic E-state index is 13.9. The van der Waals surface area contributed by atoms with Crippen LogP contribution in [0.1, 0.15) is 45.1 Å². The second-order valence-corrected chi connectivity index (χ2v) is 16.8. The molecule has 4 atom stereocenters. The van der Waals surface area contributed by atoms with Crippen LogP contribution in [0.15, 0.2) is 24.3 Å². The average Bonchev–Trinajstić information content (AvgIpc) is 3.23. The summed E-state index contributed by atoms with van der Waals surface area (Å²) >= 11 is 0. The smallest absolute Gasteiger partial charge is 0.237 e. The van der Waals surface area contributed by atoms with Crippen LogP contribution in [-0.4, -0.2) is 96.2 Å². The number of anilines is 1. The number of hydrogen-bond acceptors (Lipinski definition) is 8. The summed E-state index contributed by atoms with van der Waals surface area (Å²) in [6, 6.07) is 7.17. The van der Waals surface area contributed by atoms with E-state index in [9.17, 15) is 21.6 Å². The minimum Gasteiger partial charge on any atom is -0.369 e. The van der Waals surface area contributed by atoms with Crippen molar-refractivity contribution in [1.29, 1.82) is 0 Å². The highest BCUT2D eigenvalue weighted by Crippen LogP contribution is 2.66. The van der Waals surface area contributed by atoms with E-state index < -0.39 is 31.3 Å². The number of fused-ring (bicyclic) bond motifs is 2. The Morgan fingerprint density at radius 2 is 1.80 bits per heavy atom. The molecule has 2 saturated carbocycles. The number of nitrogens with zero attached hydrogens (tertiary/aromatic N) is 2. The first-order chi connectivity index (χ1) is 18.7. The van der Waals surface area contributed by atoms with Gasteiger partial charge in [0, 0.05) is 62.7 Å². The molecule has 1 amide bonds. The van der Waals surface area contributed by atoms with Crippen LogP contribution < -0.4 is 21.3 Å². The second kappa shape index (κ2) is 11.9. The summed E-state index contributed by atoms with van der Waals surface area (Å²) in [6.45, 7) is 9.22. The Balaban J connectivity index is 1.48. The van der Waals surface area contributed by atoms with Gasteiger partial charge in [0.2, 0.25) is 15.9 Å². The van der Waals surface area contributed by atoms with Crippen molar-refractivity contribution in [3.8, 4) is 0 Å². The van der Waals surface area contributed by atoms with Crippen LogP contribution in [0.4, 0.5) is 5.69 Å². The Morgan fingerprint density at radius 3 is 2.40 bits per heavy atom. The number of nitrogens with one attached hydrogen (secondary N) is 2. The molecule has 2 bridgehead atoms. The average molecular weight is 598 g/mol. The van der Waals surface area contributed by atoms with Crippen molar-refractivity contribution in [3.05, 3.63) is 29.8 Å². The third-order valence-electron chi connectivity index (χ3n) is 9.90. The topological polar surface area (TPSA) is 142 Å². The van der Waals surface area contributed by atoms with Crippen LogP contribution in [0.25, 0.3) is 0 Å². The third-order valence-corrected chi connectivity index (χ3v) is 12.9. The maximum Gasteiger partial charge on any atom is 0.237 e. The molecule has 1 aromatic carbocycles. The number of sulfonamides is 1. The summed E-state index contributed by atoms with van der Waals surface area (Å²) in [6.07, 6.45) is 3.71. The minimum atomic E-state index is -3.59. The molecule has 1 aromatic rings. The van der Waals surface area contributed by atoms with Crippen molar-refractivity contribution >= 4 is 31.5 Å². The number of carbonyl (C=O) groups is 1. The number of rotatable bonds is 12. The molecule has 1 aliphatic heterocycles. The molecule has 1 saturated heterocycles. The molecule has 0 radical (unpaired) electrons. The lowest BCUT2D eigenvalue weighted by atomic mass is 9.69. The highest BCUT2D eigenvalue weighted by Gasteiger charge is 2.66. The lowest BCUT2D eigenvalue weighted by Gasteiger charge is -2.44. The predicted octanol–water partition coefficient (Wildman–Crippen LogP) is 1.11. The van der Waals surface area contributed by atoms with Gasteiger partial charge in [-0.2, -0.15) is 4.31 Å². The van der Waals surface area contributed by atoms with E-state index in [-0.39, 0.29) is 35.3 Å². The third kappa shape index (κ3) is 6.35. The van der Waals surface area contributed by atoms with Crippen LogP contribution >= 0.6 is 0 Å². The van der Waals surface area contributed by atoms with Crippen molar-refractivity contribution in [3.63, 3.8) is 0 Å².